The molecule has 0 aliphatic carbocycles. The van der Waals surface area contributed by atoms with Gasteiger partial charge in [0, 0.05) is 20.6 Å². The quantitative estimate of drug-likeness (QED) is 0.280. The number of carbonyl (C=O) groups excluding carboxylic acids is 2. The molecule has 0 bridgehead atoms. The standard InChI is InChI=1S/C15H16N2O4/c1-11(18)21-14-5-3-12(4-6-14)9-13(10-16)15(19)17-7-8-20-2/h3-6,9H,7-8H2,1-2H3,(H,17,19)/b13-9+. The highest BCUT2D eigenvalue weighted by Gasteiger charge is 2.08. The molecular formula is C15H16N2O4. The number of amides is 1. The number of nitrogens with one attached hydrogen (secondary N) is 1. The van der Waals surface area contributed by atoms with Crippen LogP contribution in [0.1, 0.15) is 12.5 Å². The molecule has 1 aromatic carbocycles. The van der Waals surface area contributed by atoms with Crippen molar-refractivity contribution in [1.29, 1.82) is 5.26 Å². The zero-order chi connectivity index (χ0) is 15.7. The van der Waals surface area contributed by atoms with Crippen molar-refractivity contribution in [2.45, 2.75) is 6.92 Å². The van der Waals surface area contributed by atoms with E-state index in [9.17, 15) is 9.59 Å². The van der Waals surface area contributed by atoms with Crippen molar-refractivity contribution in [3.63, 3.8) is 0 Å². The molecule has 21 heavy (non-hydrogen) atoms. The molecular weight excluding hydrogens is 272 g/mol. The summed E-state index contributed by atoms with van der Waals surface area (Å²) in [5, 5.41) is 11.6. The third-order valence-corrected chi connectivity index (χ3v) is 2.41. The minimum Gasteiger partial charge on any atom is -0.427 e. The van der Waals surface area contributed by atoms with Crippen LogP contribution < -0.4 is 10.1 Å². The van der Waals surface area contributed by atoms with Crippen molar-refractivity contribution < 1.29 is 19.1 Å². The smallest absolute Gasteiger partial charge is 0.308 e. The lowest BCUT2D eigenvalue weighted by Gasteiger charge is -2.04. The van der Waals surface area contributed by atoms with Crippen molar-refractivity contribution in [3.8, 4) is 11.8 Å². The highest BCUT2D eigenvalue weighted by molar-refractivity contribution is 6.01. The third kappa shape index (κ3) is 5.89. The van der Waals surface area contributed by atoms with Crippen LogP contribution in [0.25, 0.3) is 6.08 Å². The Hall–Kier alpha value is -2.65. The zero-order valence-electron chi connectivity index (χ0n) is 11.9. The highest BCUT2D eigenvalue weighted by atomic mass is 16.5. The van der Waals surface area contributed by atoms with E-state index in [0.717, 1.165) is 0 Å². The SMILES string of the molecule is COCCNC(=O)/C(C#N)=C/c1ccc(OC(C)=O)cc1. The van der Waals surface area contributed by atoms with Crippen LogP contribution in [0, 0.1) is 11.3 Å². The molecule has 0 aromatic heterocycles. The van der Waals surface area contributed by atoms with Crippen LogP contribution in [0.5, 0.6) is 5.75 Å². The first-order valence-electron chi connectivity index (χ1n) is 6.24. The molecule has 0 saturated heterocycles. The third-order valence-electron chi connectivity index (χ3n) is 2.41. The summed E-state index contributed by atoms with van der Waals surface area (Å²) < 4.78 is 9.71. The lowest BCUT2D eigenvalue weighted by atomic mass is 10.1. The van der Waals surface area contributed by atoms with Gasteiger partial charge in [-0.2, -0.15) is 5.26 Å². The largest absolute Gasteiger partial charge is 0.427 e. The molecule has 1 amide bonds. The molecule has 0 unspecified atom stereocenters. The number of nitriles is 1. The summed E-state index contributed by atoms with van der Waals surface area (Å²) in [4.78, 5) is 22.5. The molecule has 0 radical (unpaired) electrons. The number of methoxy groups -OCH3 is 1. The Morgan fingerprint density at radius 1 is 1.33 bits per heavy atom. The van der Waals surface area contributed by atoms with E-state index in [1.54, 1.807) is 24.3 Å². The molecule has 1 N–H and O–H groups in total. The number of hydrogen-bond donors (Lipinski definition) is 1. The maximum atomic E-state index is 11.7. The van der Waals surface area contributed by atoms with E-state index < -0.39 is 11.9 Å². The molecule has 110 valence electrons. The molecule has 1 rings (SSSR count). The number of esters is 1. The van der Waals surface area contributed by atoms with Gasteiger partial charge in [0.05, 0.1) is 6.61 Å². The maximum absolute atomic E-state index is 11.7. The van der Waals surface area contributed by atoms with Crippen LogP contribution in [0.15, 0.2) is 29.8 Å². The van der Waals surface area contributed by atoms with Gasteiger partial charge >= 0.3 is 5.97 Å². The van der Waals surface area contributed by atoms with E-state index in [1.165, 1.54) is 20.1 Å². The van der Waals surface area contributed by atoms with Gasteiger partial charge in [0.2, 0.25) is 0 Å². The van der Waals surface area contributed by atoms with Crippen LogP contribution >= 0.6 is 0 Å². The number of benzene rings is 1. The average molecular weight is 288 g/mol. The number of nitrogens with zero attached hydrogens (tertiary/aromatic N) is 1. The fourth-order valence-corrected chi connectivity index (χ4v) is 1.48. The number of ether oxygens (including phenoxy) is 2. The van der Waals surface area contributed by atoms with Crippen LogP contribution in [0.3, 0.4) is 0 Å². The van der Waals surface area contributed by atoms with E-state index in [0.29, 0.717) is 24.5 Å². The lowest BCUT2D eigenvalue weighted by Crippen LogP contribution is -2.27. The van der Waals surface area contributed by atoms with Gasteiger partial charge in [0.1, 0.15) is 17.4 Å². The molecule has 0 aliphatic rings. The number of carbonyl (C=O) groups is 2. The van der Waals surface area contributed by atoms with Crippen molar-refractivity contribution >= 4 is 18.0 Å². The maximum Gasteiger partial charge on any atom is 0.308 e. The second-order valence-corrected chi connectivity index (χ2v) is 4.08. The van der Waals surface area contributed by atoms with Crippen LogP contribution in [-0.2, 0) is 14.3 Å². The van der Waals surface area contributed by atoms with Gasteiger partial charge in [-0.25, -0.2) is 0 Å². The molecule has 0 fully saturated rings. The average Bonchev–Trinajstić information content (AvgIpc) is 2.46. The second kappa shape index (κ2) is 8.51. The predicted molar refractivity (Wildman–Crippen MR) is 76.2 cm³/mol. The Kier molecular flexibility index (Phi) is 6.65. The fourth-order valence-electron chi connectivity index (χ4n) is 1.48. The summed E-state index contributed by atoms with van der Waals surface area (Å²) in [6.45, 7) is 2.02. The molecule has 0 spiro atoms. The Bertz CT molecular complexity index is 570. The highest BCUT2D eigenvalue weighted by Crippen LogP contribution is 2.14. The van der Waals surface area contributed by atoms with Gasteiger partial charge in [-0.15, -0.1) is 0 Å². The van der Waals surface area contributed by atoms with Gasteiger partial charge in [-0.3, -0.25) is 9.59 Å². The summed E-state index contributed by atoms with van der Waals surface area (Å²) in [6, 6.07) is 8.33. The summed E-state index contributed by atoms with van der Waals surface area (Å²) in [6.07, 6.45) is 1.46. The Balaban J connectivity index is 2.76. The van der Waals surface area contributed by atoms with E-state index in [2.05, 4.69) is 5.32 Å². The first kappa shape index (κ1) is 16.4. The van der Waals surface area contributed by atoms with Gasteiger partial charge in [0.25, 0.3) is 5.91 Å². The summed E-state index contributed by atoms with van der Waals surface area (Å²) in [5.41, 5.74) is 0.649. The van der Waals surface area contributed by atoms with Crippen LogP contribution in [0.2, 0.25) is 0 Å². The van der Waals surface area contributed by atoms with Gasteiger partial charge in [-0.1, -0.05) is 12.1 Å². The minimum absolute atomic E-state index is 0.00802. The Morgan fingerprint density at radius 3 is 2.52 bits per heavy atom. The molecule has 1 aromatic rings. The predicted octanol–water partition coefficient (Wildman–Crippen LogP) is 1.28. The number of hydrogen-bond acceptors (Lipinski definition) is 5. The molecule has 0 aliphatic heterocycles. The lowest BCUT2D eigenvalue weighted by molar-refractivity contribution is -0.131. The summed E-state index contributed by atoms with van der Waals surface area (Å²) in [5.74, 6) is -0.463. The fraction of sp³-hybridized carbons (Fsp3) is 0.267. The van der Waals surface area contributed by atoms with Gasteiger partial charge < -0.3 is 14.8 Å². The van der Waals surface area contributed by atoms with Crippen molar-refractivity contribution in [1.82, 2.24) is 5.32 Å². The van der Waals surface area contributed by atoms with Crippen molar-refractivity contribution in [3.05, 3.63) is 35.4 Å². The molecule has 6 heteroatoms. The van der Waals surface area contributed by atoms with E-state index in [-0.39, 0.29) is 5.57 Å². The molecule has 0 heterocycles. The minimum atomic E-state index is -0.460. The Labute approximate surface area is 123 Å². The zero-order valence-corrected chi connectivity index (χ0v) is 11.9. The first-order chi connectivity index (χ1) is 10.1. The monoisotopic (exact) mass is 288 g/mol. The topological polar surface area (TPSA) is 88.4 Å². The molecule has 0 saturated carbocycles. The molecule has 6 nitrogen and oxygen atoms in total. The second-order valence-electron chi connectivity index (χ2n) is 4.08. The Morgan fingerprint density at radius 2 is 2.00 bits per heavy atom. The van der Waals surface area contributed by atoms with Crippen LogP contribution in [-0.4, -0.2) is 32.1 Å². The van der Waals surface area contributed by atoms with Crippen LogP contribution in [0.4, 0.5) is 0 Å². The van der Waals surface area contributed by atoms with Gasteiger partial charge in [0.15, 0.2) is 0 Å². The summed E-state index contributed by atoms with van der Waals surface area (Å²) >= 11 is 0. The van der Waals surface area contributed by atoms with E-state index in [1.807, 2.05) is 6.07 Å². The number of rotatable bonds is 6. The van der Waals surface area contributed by atoms with Crippen molar-refractivity contribution in [2.75, 3.05) is 20.3 Å². The normalized spacial score (nSPS) is 10.6. The first-order valence-corrected chi connectivity index (χ1v) is 6.24. The van der Waals surface area contributed by atoms with E-state index >= 15 is 0 Å². The molecule has 0 atom stereocenters. The van der Waals surface area contributed by atoms with Gasteiger partial charge in [-0.05, 0) is 23.8 Å². The van der Waals surface area contributed by atoms with Crippen molar-refractivity contribution in [2.24, 2.45) is 0 Å². The van der Waals surface area contributed by atoms with E-state index in [4.69, 9.17) is 14.7 Å². The summed E-state index contributed by atoms with van der Waals surface area (Å²) in [7, 11) is 1.53.